The van der Waals surface area contributed by atoms with E-state index in [1.54, 1.807) is 12.1 Å². The Morgan fingerprint density at radius 1 is 0.852 bits per heavy atom. The minimum absolute atomic E-state index is 0.210. The summed E-state index contributed by atoms with van der Waals surface area (Å²) in [6.45, 7) is 2.38. The molecule has 0 spiro atoms. The Hall–Kier alpha value is -1.05. The lowest BCUT2D eigenvalue weighted by Crippen LogP contribution is -2.34. The number of hydrogen-bond acceptors (Lipinski definition) is 1. The number of methoxy groups -OCH3 is 1. The second kappa shape index (κ2) is 8.53. The maximum atomic E-state index is 14.1. The van der Waals surface area contributed by atoms with Crippen LogP contribution in [0.15, 0.2) is 18.2 Å². The van der Waals surface area contributed by atoms with E-state index >= 15 is 0 Å². The average Bonchev–Trinajstić information content (AvgIpc) is 2.73. The summed E-state index contributed by atoms with van der Waals surface area (Å²) < 4.78 is 19.1. The summed E-state index contributed by atoms with van der Waals surface area (Å²) in [5.41, 5.74) is 1.17. The summed E-state index contributed by atoms with van der Waals surface area (Å²) in [6.07, 6.45) is 15.5. The van der Waals surface area contributed by atoms with Gasteiger partial charge in [0.2, 0.25) is 0 Å². The highest BCUT2D eigenvalue weighted by Crippen LogP contribution is 2.50. The quantitative estimate of drug-likeness (QED) is 0.537. The van der Waals surface area contributed by atoms with Crippen molar-refractivity contribution in [3.05, 3.63) is 29.6 Å². The van der Waals surface area contributed by atoms with Gasteiger partial charge in [0.05, 0.1) is 7.11 Å². The van der Waals surface area contributed by atoms with Crippen LogP contribution >= 0.6 is 0 Å². The Bertz CT molecular complexity index is 619. The third kappa shape index (κ3) is 4.20. The fourth-order valence-corrected chi connectivity index (χ4v) is 6.68. The normalized spacial score (nSPS) is 36.9. The standard InChI is InChI=1S/C25H37FO/c1-3-17-4-5-22-15-21(11-10-20(22)14-17)18-6-8-19(9-7-18)23-12-13-25(27-2)24(26)16-23/h12-13,16-22H,3-11,14-15H2,1-2H3. The van der Waals surface area contributed by atoms with Crippen LogP contribution in [-0.2, 0) is 0 Å². The molecule has 0 bridgehead atoms. The highest BCUT2D eigenvalue weighted by Gasteiger charge is 2.38. The third-order valence-electron chi connectivity index (χ3n) is 8.43. The van der Waals surface area contributed by atoms with Crippen molar-refractivity contribution in [2.75, 3.05) is 7.11 Å². The van der Waals surface area contributed by atoms with Crippen LogP contribution in [0.1, 0.15) is 89.0 Å². The first-order valence-electron chi connectivity index (χ1n) is 11.5. The first-order chi connectivity index (χ1) is 13.2. The molecule has 150 valence electrons. The van der Waals surface area contributed by atoms with Crippen molar-refractivity contribution in [2.24, 2.45) is 29.6 Å². The molecular formula is C25H37FO. The second-order valence-electron chi connectivity index (χ2n) is 9.69. The molecule has 0 radical (unpaired) electrons. The first kappa shape index (κ1) is 19.3. The van der Waals surface area contributed by atoms with E-state index in [2.05, 4.69) is 13.0 Å². The van der Waals surface area contributed by atoms with Crippen LogP contribution in [0.3, 0.4) is 0 Å². The molecule has 0 amide bonds. The smallest absolute Gasteiger partial charge is 0.165 e. The highest BCUT2D eigenvalue weighted by molar-refractivity contribution is 5.31. The van der Waals surface area contributed by atoms with Crippen LogP contribution in [0, 0.1) is 35.4 Å². The van der Waals surface area contributed by atoms with Gasteiger partial charge in [-0.25, -0.2) is 4.39 Å². The molecular weight excluding hydrogens is 335 g/mol. The Balaban J connectivity index is 1.30. The van der Waals surface area contributed by atoms with E-state index < -0.39 is 0 Å². The molecule has 2 heteroatoms. The fourth-order valence-electron chi connectivity index (χ4n) is 6.68. The molecule has 4 atom stereocenters. The molecule has 3 fully saturated rings. The zero-order chi connectivity index (χ0) is 18.8. The van der Waals surface area contributed by atoms with Gasteiger partial charge in [0.1, 0.15) is 0 Å². The van der Waals surface area contributed by atoms with Crippen LogP contribution in [0.2, 0.25) is 0 Å². The molecule has 1 aromatic rings. The van der Waals surface area contributed by atoms with Crippen LogP contribution in [0.25, 0.3) is 0 Å². The predicted octanol–water partition coefficient (Wildman–Crippen LogP) is 7.35. The summed E-state index contributed by atoms with van der Waals surface area (Å²) >= 11 is 0. The minimum Gasteiger partial charge on any atom is -0.494 e. The number of halogens is 1. The van der Waals surface area contributed by atoms with Crippen LogP contribution in [0.5, 0.6) is 5.75 Å². The molecule has 4 rings (SSSR count). The van der Waals surface area contributed by atoms with Gasteiger partial charge in [0.15, 0.2) is 11.6 Å². The Morgan fingerprint density at radius 2 is 1.48 bits per heavy atom. The van der Waals surface area contributed by atoms with Crippen molar-refractivity contribution < 1.29 is 9.13 Å². The van der Waals surface area contributed by atoms with E-state index in [0.29, 0.717) is 11.7 Å². The number of fused-ring (bicyclic) bond motifs is 1. The van der Waals surface area contributed by atoms with Crippen molar-refractivity contribution in [2.45, 2.75) is 83.5 Å². The molecule has 1 aromatic carbocycles. The maximum Gasteiger partial charge on any atom is 0.165 e. The Labute approximate surface area is 165 Å². The van der Waals surface area contributed by atoms with E-state index in [4.69, 9.17) is 4.74 Å². The van der Waals surface area contributed by atoms with Crippen molar-refractivity contribution >= 4 is 0 Å². The molecule has 0 aliphatic heterocycles. The molecule has 3 aliphatic carbocycles. The average molecular weight is 373 g/mol. The van der Waals surface area contributed by atoms with Crippen molar-refractivity contribution in [3.63, 3.8) is 0 Å². The number of ether oxygens (including phenoxy) is 1. The van der Waals surface area contributed by atoms with Gasteiger partial charge in [-0.3, -0.25) is 0 Å². The summed E-state index contributed by atoms with van der Waals surface area (Å²) in [5.74, 6) is 5.67. The summed E-state index contributed by atoms with van der Waals surface area (Å²) in [5, 5.41) is 0. The molecule has 0 saturated heterocycles. The summed E-state index contributed by atoms with van der Waals surface area (Å²) in [7, 11) is 1.53. The molecule has 3 saturated carbocycles. The SMILES string of the molecule is CCC1CCC2CC(C3CCC(c4ccc(OC)c(F)c4)CC3)CCC2C1. The van der Waals surface area contributed by atoms with Gasteiger partial charge in [0, 0.05) is 0 Å². The topological polar surface area (TPSA) is 9.23 Å². The lowest BCUT2D eigenvalue weighted by atomic mass is 9.60. The van der Waals surface area contributed by atoms with Gasteiger partial charge in [0.25, 0.3) is 0 Å². The lowest BCUT2D eigenvalue weighted by molar-refractivity contribution is 0.0629. The molecule has 0 N–H and O–H groups in total. The molecule has 4 unspecified atom stereocenters. The highest BCUT2D eigenvalue weighted by atomic mass is 19.1. The van der Waals surface area contributed by atoms with E-state index in [0.717, 1.165) is 29.6 Å². The Morgan fingerprint density at radius 3 is 2.15 bits per heavy atom. The van der Waals surface area contributed by atoms with Crippen molar-refractivity contribution in [1.29, 1.82) is 0 Å². The van der Waals surface area contributed by atoms with E-state index in [1.165, 1.54) is 83.3 Å². The van der Waals surface area contributed by atoms with Crippen LogP contribution < -0.4 is 4.74 Å². The van der Waals surface area contributed by atoms with Gasteiger partial charge in [-0.1, -0.05) is 25.8 Å². The number of rotatable bonds is 4. The zero-order valence-corrected chi connectivity index (χ0v) is 17.3. The molecule has 0 heterocycles. The number of hydrogen-bond donors (Lipinski definition) is 0. The second-order valence-corrected chi connectivity index (χ2v) is 9.69. The van der Waals surface area contributed by atoms with Gasteiger partial charge in [-0.05, 0) is 111 Å². The summed E-state index contributed by atoms with van der Waals surface area (Å²) in [4.78, 5) is 0. The minimum atomic E-state index is -0.210. The molecule has 3 aliphatic rings. The van der Waals surface area contributed by atoms with E-state index in [1.807, 2.05) is 0 Å². The fraction of sp³-hybridized carbons (Fsp3) is 0.760. The zero-order valence-electron chi connectivity index (χ0n) is 17.3. The van der Waals surface area contributed by atoms with Crippen LogP contribution in [0.4, 0.5) is 4.39 Å². The third-order valence-corrected chi connectivity index (χ3v) is 8.43. The van der Waals surface area contributed by atoms with Gasteiger partial charge in [-0.2, -0.15) is 0 Å². The van der Waals surface area contributed by atoms with Crippen molar-refractivity contribution in [3.8, 4) is 5.75 Å². The molecule has 0 aromatic heterocycles. The van der Waals surface area contributed by atoms with Crippen LogP contribution in [-0.4, -0.2) is 7.11 Å². The van der Waals surface area contributed by atoms with Crippen molar-refractivity contribution in [1.82, 2.24) is 0 Å². The number of benzene rings is 1. The largest absolute Gasteiger partial charge is 0.494 e. The monoisotopic (exact) mass is 372 g/mol. The maximum absolute atomic E-state index is 14.1. The van der Waals surface area contributed by atoms with E-state index in [-0.39, 0.29) is 5.82 Å². The first-order valence-corrected chi connectivity index (χ1v) is 11.5. The Kier molecular flexibility index (Phi) is 6.09. The van der Waals surface area contributed by atoms with Gasteiger partial charge < -0.3 is 4.74 Å². The van der Waals surface area contributed by atoms with Gasteiger partial charge in [-0.15, -0.1) is 0 Å². The molecule has 1 nitrogen and oxygen atoms in total. The van der Waals surface area contributed by atoms with Gasteiger partial charge >= 0.3 is 0 Å². The summed E-state index contributed by atoms with van der Waals surface area (Å²) in [6, 6.07) is 5.58. The van der Waals surface area contributed by atoms with E-state index in [9.17, 15) is 4.39 Å². The molecule has 27 heavy (non-hydrogen) atoms. The predicted molar refractivity (Wildman–Crippen MR) is 110 cm³/mol. The lowest BCUT2D eigenvalue weighted by Gasteiger charge is -2.45.